The molecule has 5 nitrogen and oxygen atoms in total. The van der Waals surface area contributed by atoms with Crippen LogP contribution in [0.2, 0.25) is 0 Å². The number of nitrogens with zero attached hydrogens (tertiary/aromatic N) is 2. The first-order valence-corrected chi connectivity index (χ1v) is 3.32. The van der Waals surface area contributed by atoms with Crippen molar-refractivity contribution >= 4 is 0 Å². The Morgan fingerprint density at radius 3 is 2.92 bits per heavy atom. The van der Waals surface area contributed by atoms with E-state index in [0.29, 0.717) is 5.69 Å². The summed E-state index contributed by atoms with van der Waals surface area (Å²) in [6.07, 6.45) is 3.08. The molecule has 12 heavy (non-hydrogen) atoms. The lowest BCUT2D eigenvalue weighted by Gasteiger charge is -1.90. The quantitative estimate of drug-likeness (QED) is 0.661. The molecule has 0 saturated carbocycles. The topological polar surface area (TPSA) is 71.8 Å². The van der Waals surface area contributed by atoms with E-state index < -0.39 is 5.63 Å². The van der Waals surface area contributed by atoms with Crippen molar-refractivity contribution in [2.75, 3.05) is 0 Å². The highest BCUT2D eigenvalue weighted by molar-refractivity contribution is 5.55. The van der Waals surface area contributed by atoms with Crippen LogP contribution >= 0.6 is 0 Å². The van der Waals surface area contributed by atoms with E-state index in [2.05, 4.69) is 19.9 Å². The van der Waals surface area contributed by atoms with Crippen LogP contribution in [0, 0.1) is 0 Å². The molecule has 2 aromatic heterocycles. The van der Waals surface area contributed by atoms with Gasteiger partial charge in [-0.05, 0) is 6.07 Å². The average Bonchev–Trinajstić information content (AvgIpc) is 2.54. The van der Waals surface area contributed by atoms with Crippen molar-refractivity contribution in [1.29, 1.82) is 0 Å². The molecule has 0 amide bonds. The summed E-state index contributed by atoms with van der Waals surface area (Å²) in [4.78, 5) is 10.6. The lowest BCUT2D eigenvalue weighted by molar-refractivity contribution is 0.394. The van der Waals surface area contributed by atoms with Crippen molar-refractivity contribution in [2.24, 2.45) is 0 Å². The molecule has 0 radical (unpaired) electrons. The maximum Gasteiger partial charge on any atom is 0.357 e. The normalized spacial score (nSPS) is 10.0. The van der Waals surface area contributed by atoms with Gasteiger partial charge in [-0.15, -0.1) is 0 Å². The largest absolute Gasteiger partial charge is 0.357 e. The molecule has 0 saturated heterocycles. The van der Waals surface area contributed by atoms with E-state index in [-0.39, 0.29) is 0 Å². The van der Waals surface area contributed by atoms with Gasteiger partial charge in [0.1, 0.15) is 0 Å². The third kappa shape index (κ3) is 1.12. The van der Waals surface area contributed by atoms with E-state index in [1.54, 1.807) is 18.5 Å². The SMILES string of the molecule is O=c1cc(-c2ccnnc2)[nH]o1. The van der Waals surface area contributed by atoms with Crippen LogP contribution in [-0.2, 0) is 0 Å². The van der Waals surface area contributed by atoms with Crippen LogP contribution in [0.15, 0.2) is 33.8 Å². The van der Waals surface area contributed by atoms with Gasteiger partial charge in [-0.3, -0.25) is 0 Å². The second kappa shape index (κ2) is 2.61. The molecule has 1 N–H and O–H groups in total. The van der Waals surface area contributed by atoms with Gasteiger partial charge in [-0.2, -0.15) is 10.2 Å². The second-order valence-corrected chi connectivity index (χ2v) is 2.21. The molecule has 2 rings (SSSR count). The Morgan fingerprint density at radius 1 is 1.42 bits per heavy atom. The maximum absolute atomic E-state index is 10.6. The summed E-state index contributed by atoms with van der Waals surface area (Å²) in [5.41, 5.74) is 0.979. The van der Waals surface area contributed by atoms with Crippen LogP contribution in [0.5, 0.6) is 0 Å². The van der Waals surface area contributed by atoms with Crippen molar-refractivity contribution in [1.82, 2.24) is 15.4 Å². The Bertz CT molecular complexity index is 417. The van der Waals surface area contributed by atoms with Crippen LogP contribution in [-0.4, -0.2) is 15.4 Å². The molecule has 2 heterocycles. The van der Waals surface area contributed by atoms with Gasteiger partial charge in [0.2, 0.25) is 0 Å². The minimum absolute atomic E-state index is 0.401. The lowest BCUT2D eigenvalue weighted by atomic mass is 10.2. The monoisotopic (exact) mass is 163 g/mol. The van der Waals surface area contributed by atoms with Crippen molar-refractivity contribution in [2.45, 2.75) is 0 Å². The summed E-state index contributed by atoms with van der Waals surface area (Å²) in [6.45, 7) is 0. The van der Waals surface area contributed by atoms with Crippen LogP contribution in [0.25, 0.3) is 11.3 Å². The van der Waals surface area contributed by atoms with E-state index in [0.717, 1.165) is 5.56 Å². The van der Waals surface area contributed by atoms with E-state index in [9.17, 15) is 4.79 Å². The standard InChI is InChI=1S/C7H5N3O2/c11-7-3-6(10-12-7)5-1-2-8-9-4-5/h1-4,10H. The summed E-state index contributed by atoms with van der Waals surface area (Å²) >= 11 is 0. The van der Waals surface area contributed by atoms with E-state index >= 15 is 0 Å². The van der Waals surface area contributed by atoms with Gasteiger partial charge in [0.25, 0.3) is 0 Å². The molecule has 0 atom stereocenters. The Morgan fingerprint density at radius 2 is 2.33 bits per heavy atom. The van der Waals surface area contributed by atoms with Crippen LogP contribution in [0.4, 0.5) is 0 Å². The summed E-state index contributed by atoms with van der Waals surface area (Å²) in [5.74, 6) is 0. The van der Waals surface area contributed by atoms with E-state index in [1.165, 1.54) is 6.07 Å². The van der Waals surface area contributed by atoms with Gasteiger partial charge < -0.3 is 4.52 Å². The predicted molar refractivity (Wildman–Crippen MR) is 40.4 cm³/mol. The van der Waals surface area contributed by atoms with Gasteiger partial charge in [0.15, 0.2) is 0 Å². The molecule has 0 unspecified atom stereocenters. The first kappa shape index (κ1) is 6.78. The summed E-state index contributed by atoms with van der Waals surface area (Å²) in [5, 5.41) is 9.73. The van der Waals surface area contributed by atoms with Crippen molar-refractivity contribution in [3.05, 3.63) is 34.9 Å². The number of aromatic amines is 1. The number of hydrogen-bond acceptors (Lipinski definition) is 4. The fraction of sp³-hybridized carbons (Fsp3) is 0. The van der Waals surface area contributed by atoms with Crippen molar-refractivity contribution in [3.8, 4) is 11.3 Å². The molecular formula is C7H5N3O2. The zero-order valence-electron chi connectivity index (χ0n) is 6.02. The predicted octanol–water partition coefficient (Wildman–Crippen LogP) is 0.425. The molecule has 60 valence electrons. The number of H-pyrrole nitrogens is 1. The molecule has 5 heteroatoms. The van der Waals surface area contributed by atoms with Crippen molar-refractivity contribution < 1.29 is 4.52 Å². The molecule has 0 aliphatic rings. The average molecular weight is 163 g/mol. The Balaban J connectivity index is 2.51. The molecule has 0 fully saturated rings. The van der Waals surface area contributed by atoms with Crippen LogP contribution in [0.1, 0.15) is 0 Å². The zero-order valence-corrected chi connectivity index (χ0v) is 6.02. The molecule has 0 aromatic carbocycles. The minimum atomic E-state index is -0.401. The zero-order chi connectivity index (χ0) is 8.39. The number of rotatable bonds is 1. The highest BCUT2D eigenvalue weighted by Crippen LogP contribution is 2.11. The highest BCUT2D eigenvalue weighted by Gasteiger charge is 2.00. The van der Waals surface area contributed by atoms with Crippen molar-refractivity contribution in [3.63, 3.8) is 0 Å². The Kier molecular flexibility index (Phi) is 1.48. The van der Waals surface area contributed by atoms with Gasteiger partial charge >= 0.3 is 5.63 Å². The van der Waals surface area contributed by atoms with Gasteiger partial charge in [-0.25, -0.2) is 9.95 Å². The van der Waals surface area contributed by atoms with Gasteiger partial charge in [-0.1, -0.05) is 0 Å². The van der Waals surface area contributed by atoms with Crippen LogP contribution in [0.3, 0.4) is 0 Å². The first-order valence-electron chi connectivity index (χ1n) is 3.32. The second-order valence-electron chi connectivity index (χ2n) is 2.21. The van der Waals surface area contributed by atoms with E-state index in [4.69, 9.17) is 0 Å². The lowest BCUT2D eigenvalue weighted by Crippen LogP contribution is -1.86. The number of hydrogen-bond donors (Lipinski definition) is 1. The Hall–Kier alpha value is -1.91. The summed E-state index contributed by atoms with van der Waals surface area (Å²) in [7, 11) is 0. The smallest absolute Gasteiger partial charge is 0.339 e. The van der Waals surface area contributed by atoms with Gasteiger partial charge in [0, 0.05) is 5.56 Å². The molecule has 0 bridgehead atoms. The molecule has 0 aliphatic heterocycles. The minimum Gasteiger partial charge on any atom is -0.339 e. The number of nitrogens with one attached hydrogen (secondary N) is 1. The number of aromatic nitrogens is 3. The molecular weight excluding hydrogens is 158 g/mol. The maximum atomic E-state index is 10.6. The van der Waals surface area contributed by atoms with E-state index in [1.807, 2.05) is 0 Å². The van der Waals surface area contributed by atoms with Crippen LogP contribution < -0.4 is 5.63 Å². The summed E-state index contributed by atoms with van der Waals surface area (Å²) in [6, 6.07) is 3.09. The highest BCUT2D eigenvalue weighted by atomic mass is 16.5. The Labute approximate surface area is 67.0 Å². The first-order chi connectivity index (χ1) is 5.86. The third-order valence-electron chi connectivity index (χ3n) is 1.42. The van der Waals surface area contributed by atoms with Gasteiger partial charge in [0.05, 0.1) is 24.2 Å². The fourth-order valence-electron chi connectivity index (χ4n) is 0.874. The molecule has 0 spiro atoms. The summed E-state index contributed by atoms with van der Waals surface area (Å²) < 4.78 is 4.49. The third-order valence-corrected chi connectivity index (χ3v) is 1.42. The fourth-order valence-corrected chi connectivity index (χ4v) is 0.874. The molecule has 2 aromatic rings. The molecule has 0 aliphatic carbocycles.